The van der Waals surface area contributed by atoms with E-state index in [0.29, 0.717) is 24.5 Å². The van der Waals surface area contributed by atoms with Gasteiger partial charge in [-0.15, -0.1) is 0 Å². The number of epoxide rings is 1. The van der Waals surface area contributed by atoms with Gasteiger partial charge in [-0.1, -0.05) is 85.5 Å². The monoisotopic (exact) mass is 412 g/mol. The molecule has 1 saturated heterocycles. The topological polar surface area (TPSA) is 59.1 Å². The van der Waals surface area contributed by atoms with E-state index < -0.39 is 0 Å². The average Bonchev–Trinajstić information content (AvgIpc) is 3.41. The summed E-state index contributed by atoms with van der Waals surface area (Å²) in [5, 5.41) is 9.28. The van der Waals surface area contributed by atoms with Crippen molar-refractivity contribution in [3.63, 3.8) is 0 Å². The van der Waals surface area contributed by atoms with Crippen LogP contribution in [0.2, 0.25) is 0 Å². The number of carbonyl (C=O) groups excluding carboxylic acids is 1. The Kier molecular flexibility index (Phi) is 14.7. The van der Waals surface area contributed by atoms with Crippen LogP contribution in [0.25, 0.3) is 0 Å². The molecule has 4 unspecified atom stereocenters. The van der Waals surface area contributed by atoms with Gasteiger partial charge < -0.3 is 14.6 Å². The third kappa shape index (κ3) is 14.1. The summed E-state index contributed by atoms with van der Waals surface area (Å²) in [4.78, 5) is 11.9. The fraction of sp³-hybridized carbons (Fsp3) is 0.960. The molecule has 172 valence electrons. The second-order valence-electron chi connectivity index (χ2n) is 9.63. The first-order valence-corrected chi connectivity index (χ1v) is 12.4. The lowest BCUT2D eigenvalue weighted by molar-refractivity contribution is -0.152. The van der Waals surface area contributed by atoms with Crippen LogP contribution in [0.5, 0.6) is 0 Å². The minimum absolute atomic E-state index is 0.0776. The Bertz CT molecular complexity index is 410. The summed E-state index contributed by atoms with van der Waals surface area (Å²) in [5.41, 5.74) is 0. The number of aliphatic hydroxyl groups excluding tert-OH is 1. The first kappa shape index (κ1) is 26.4. The minimum Gasteiger partial charge on any atom is -0.460 e. The third-order valence-corrected chi connectivity index (χ3v) is 5.98. The van der Waals surface area contributed by atoms with Gasteiger partial charge in [0.05, 0.1) is 18.8 Å². The van der Waals surface area contributed by atoms with Crippen molar-refractivity contribution in [3.05, 3.63) is 0 Å². The second-order valence-corrected chi connectivity index (χ2v) is 9.63. The quantitative estimate of drug-likeness (QED) is 0.151. The predicted octanol–water partition coefficient (Wildman–Crippen LogP) is 6.43. The molecule has 0 aromatic heterocycles. The number of carbonyl (C=O) groups is 1. The van der Waals surface area contributed by atoms with Gasteiger partial charge in [0.2, 0.25) is 0 Å². The van der Waals surface area contributed by atoms with Crippen LogP contribution in [-0.2, 0) is 14.3 Å². The highest BCUT2D eigenvalue weighted by Gasteiger charge is 2.38. The van der Waals surface area contributed by atoms with Gasteiger partial charge in [-0.25, -0.2) is 0 Å². The molecular weight excluding hydrogens is 364 g/mol. The zero-order chi connectivity index (χ0) is 21.5. The fourth-order valence-electron chi connectivity index (χ4n) is 4.15. The lowest BCUT2D eigenvalue weighted by Crippen LogP contribution is -2.23. The van der Waals surface area contributed by atoms with E-state index in [9.17, 15) is 9.90 Å². The smallest absolute Gasteiger partial charge is 0.306 e. The van der Waals surface area contributed by atoms with Gasteiger partial charge in [-0.05, 0) is 37.5 Å². The van der Waals surface area contributed by atoms with E-state index in [-0.39, 0.29) is 18.7 Å². The molecule has 4 heteroatoms. The molecule has 4 nitrogen and oxygen atoms in total. The summed E-state index contributed by atoms with van der Waals surface area (Å²) < 4.78 is 11.2. The Balaban J connectivity index is 1.92. The fourth-order valence-corrected chi connectivity index (χ4v) is 4.15. The average molecular weight is 413 g/mol. The maximum atomic E-state index is 11.9. The Labute approximate surface area is 180 Å². The molecule has 1 heterocycles. The van der Waals surface area contributed by atoms with E-state index in [1.165, 1.54) is 64.2 Å². The number of hydrogen-bond acceptors (Lipinski definition) is 4. The molecule has 1 N–H and O–H groups in total. The maximum Gasteiger partial charge on any atom is 0.306 e. The first-order chi connectivity index (χ1) is 14.0. The van der Waals surface area contributed by atoms with E-state index in [2.05, 4.69) is 27.7 Å². The lowest BCUT2D eigenvalue weighted by atomic mass is 9.96. The lowest BCUT2D eigenvalue weighted by Gasteiger charge is -2.17. The highest BCUT2D eigenvalue weighted by molar-refractivity contribution is 5.69. The number of esters is 1. The summed E-state index contributed by atoms with van der Waals surface area (Å²) >= 11 is 0. The number of aliphatic hydroxyl groups is 1. The van der Waals surface area contributed by atoms with Crippen molar-refractivity contribution in [3.8, 4) is 0 Å². The molecule has 29 heavy (non-hydrogen) atoms. The molecule has 0 bridgehead atoms. The number of hydrogen-bond donors (Lipinski definition) is 1. The van der Waals surface area contributed by atoms with Crippen molar-refractivity contribution in [2.45, 2.75) is 136 Å². The molecule has 0 aromatic carbocycles. The van der Waals surface area contributed by atoms with Crippen LogP contribution in [0.1, 0.15) is 118 Å². The first-order valence-electron chi connectivity index (χ1n) is 12.4. The highest BCUT2D eigenvalue weighted by Crippen LogP contribution is 2.33. The Morgan fingerprint density at radius 2 is 1.66 bits per heavy atom. The summed E-state index contributed by atoms with van der Waals surface area (Å²) in [7, 11) is 0. The van der Waals surface area contributed by atoms with Crippen LogP contribution in [0, 0.1) is 11.8 Å². The zero-order valence-corrected chi connectivity index (χ0v) is 19.7. The van der Waals surface area contributed by atoms with Crippen molar-refractivity contribution in [1.29, 1.82) is 0 Å². The van der Waals surface area contributed by atoms with Crippen molar-refractivity contribution in [1.82, 2.24) is 0 Å². The van der Waals surface area contributed by atoms with Crippen LogP contribution in [0.15, 0.2) is 0 Å². The summed E-state index contributed by atoms with van der Waals surface area (Å²) in [6, 6.07) is 0. The Morgan fingerprint density at radius 3 is 2.34 bits per heavy atom. The van der Waals surface area contributed by atoms with Gasteiger partial charge in [0.1, 0.15) is 6.10 Å². The molecule has 1 aliphatic heterocycles. The number of unbranched alkanes of at least 4 members (excludes halogenated alkanes) is 7. The minimum atomic E-state index is -0.340. The molecule has 0 spiro atoms. The summed E-state index contributed by atoms with van der Waals surface area (Å²) in [6.45, 7) is 8.70. The Morgan fingerprint density at radius 1 is 0.966 bits per heavy atom. The highest BCUT2D eigenvalue weighted by atomic mass is 16.6. The number of ether oxygens (including phenoxy) is 2. The second kappa shape index (κ2) is 16.1. The molecule has 0 saturated carbocycles. The zero-order valence-electron chi connectivity index (χ0n) is 19.7. The van der Waals surface area contributed by atoms with Crippen LogP contribution in [0.4, 0.5) is 0 Å². The number of rotatable bonds is 19. The van der Waals surface area contributed by atoms with Crippen molar-refractivity contribution in [2.75, 3.05) is 6.61 Å². The van der Waals surface area contributed by atoms with Gasteiger partial charge in [0, 0.05) is 6.42 Å². The summed E-state index contributed by atoms with van der Waals surface area (Å²) in [5.74, 6) is 1.05. The van der Waals surface area contributed by atoms with E-state index in [4.69, 9.17) is 9.47 Å². The molecule has 0 aliphatic carbocycles. The van der Waals surface area contributed by atoms with Crippen LogP contribution in [0.3, 0.4) is 0 Å². The molecular formula is C25H48O4. The third-order valence-electron chi connectivity index (χ3n) is 5.98. The molecule has 0 amide bonds. The molecule has 4 atom stereocenters. The van der Waals surface area contributed by atoms with Crippen molar-refractivity contribution in [2.24, 2.45) is 11.8 Å². The van der Waals surface area contributed by atoms with Gasteiger partial charge >= 0.3 is 5.97 Å². The van der Waals surface area contributed by atoms with Crippen LogP contribution < -0.4 is 0 Å². The molecule has 1 aliphatic rings. The van der Waals surface area contributed by atoms with Gasteiger partial charge in [0.15, 0.2) is 0 Å². The molecule has 0 aromatic rings. The van der Waals surface area contributed by atoms with E-state index >= 15 is 0 Å². The van der Waals surface area contributed by atoms with Gasteiger partial charge in [-0.3, -0.25) is 4.79 Å². The predicted molar refractivity (Wildman–Crippen MR) is 120 cm³/mol. The van der Waals surface area contributed by atoms with Crippen molar-refractivity contribution < 1.29 is 19.4 Å². The SMILES string of the molecule is CCCCCCC(C)CC1OC1CCCCCCCC(=O)OC(CO)CC(C)C. The molecule has 0 radical (unpaired) electrons. The molecule has 1 fully saturated rings. The van der Waals surface area contributed by atoms with Crippen molar-refractivity contribution >= 4 is 5.97 Å². The van der Waals surface area contributed by atoms with Gasteiger partial charge in [-0.2, -0.15) is 0 Å². The standard InChI is InChI=1S/C25H48O4/c1-5-6-7-11-14-21(4)18-24-23(29-24)15-12-9-8-10-13-16-25(27)28-22(19-26)17-20(2)3/h20-24,26H,5-19H2,1-4H3. The maximum absolute atomic E-state index is 11.9. The van der Waals surface area contributed by atoms with E-state index in [1.807, 2.05) is 0 Å². The van der Waals surface area contributed by atoms with E-state index in [0.717, 1.165) is 25.2 Å². The largest absolute Gasteiger partial charge is 0.460 e. The Hall–Kier alpha value is -0.610. The van der Waals surface area contributed by atoms with E-state index in [1.54, 1.807) is 0 Å². The normalized spacial score (nSPS) is 20.6. The van der Waals surface area contributed by atoms with Crippen LogP contribution >= 0.6 is 0 Å². The van der Waals surface area contributed by atoms with Crippen LogP contribution in [-0.4, -0.2) is 36.0 Å². The summed E-state index contributed by atoms with van der Waals surface area (Å²) in [6.07, 6.45) is 16.7. The van der Waals surface area contributed by atoms with Gasteiger partial charge in [0.25, 0.3) is 0 Å². The molecule has 1 rings (SSSR count).